The summed E-state index contributed by atoms with van der Waals surface area (Å²) in [5.41, 5.74) is 2.33. The van der Waals surface area contributed by atoms with E-state index in [2.05, 4.69) is 5.32 Å². The average molecular weight is 571 g/mol. The highest BCUT2D eigenvalue weighted by Crippen LogP contribution is 2.24. The molecule has 0 saturated carbocycles. The molecular weight excluding hydrogens is 533 g/mol. The van der Waals surface area contributed by atoms with E-state index in [9.17, 15) is 18.0 Å². The molecule has 0 bridgehead atoms. The maximum Gasteiger partial charge on any atom is 0.242 e. The molecule has 2 aromatic carbocycles. The Morgan fingerprint density at radius 2 is 1.70 bits per heavy atom. The minimum absolute atomic E-state index is 0.0663. The van der Waals surface area contributed by atoms with Crippen LogP contribution in [0.4, 0.5) is 5.69 Å². The van der Waals surface area contributed by atoms with Gasteiger partial charge in [0.15, 0.2) is 0 Å². The van der Waals surface area contributed by atoms with E-state index in [1.54, 1.807) is 37.3 Å². The second-order valence-electron chi connectivity index (χ2n) is 9.04. The van der Waals surface area contributed by atoms with E-state index < -0.39 is 16.1 Å². The number of amides is 2. The van der Waals surface area contributed by atoms with Gasteiger partial charge in [0.1, 0.15) is 6.04 Å². The van der Waals surface area contributed by atoms with Crippen LogP contribution in [0.2, 0.25) is 10.0 Å². The predicted molar refractivity (Wildman–Crippen MR) is 152 cm³/mol. The Bertz CT molecular complexity index is 1160. The summed E-state index contributed by atoms with van der Waals surface area (Å²) in [6.45, 7) is 6.55. The second-order valence-corrected chi connectivity index (χ2v) is 11.8. The van der Waals surface area contributed by atoms with Crippen LogP contribution in [0.3, 0.4) is 0 Å². The Balaban J connectivity index is 2.17. The molecule has 204 valence electrons. The van der Waals surface area contributed by atoms with Crippen LogP contribution in [-0.2, 0) is 32.6 Å². The van der Waals surface area contributed by atoms with E-state index in [4.69, 9.17) is 23.2 Å². The van der Waals surface area contributed by atoms with Gasteiger partial charge >= 0.3 is 0 Å². The molecule has 7 nitrogen and oxygen atoms in total. The fourth-order valence-electron chi connectivity index (χ4n) is 3.85. The standard InChI is InChI=1S/C27H37Cl2N3O4S/c1-5-7-16-30-27(34)20(3)31(19-22-12-13-23(28)18-25(22)29)26(33)9-8-17-32(37(4,35)36)24-14-10-21(6-2)11-15-24/h10-15,18,20H,5-9,16-17,19H2,1-4H3,(H,30,34). The third-order valence-electron chi connectivity index (χ3n) is 6.14. The Kier molecular flexibility index (Phi) is 12.2. The molecule has 1 N–H and O–H groups in total. The molecule has 0 aliphatic rings. The predicted octanol–water partition coefficient (Wildman–Crippen LogP) is 5.44. The molecule has 2 amide bonds. The first-order valence-electron chi connectivity index (χ1n) is 12.6. The number of sulfonamides is 1. The van der Waals surface area contributed by atoms with Crippen molar-refractivity contribution >= 4 is 50.7 Å². The summed E-state index contributed by atoms with van der Waals surface area (Å²) in [6.07, 6.45) is 4.14. The van der Waals surface area contributed by atoms with Crippen molar-refractivity contribution in [1.29, 1.82) is 0 Å². The van der Waals surface area contributed by atoms with Crippen LogP contribution in [0.5, 0.6) is 0 Å². The van der Waals surface area contributed by atoms with E-state index in [1.165, 1.54) is 9.21 Å². The molecule has 2 aromatic rings. The SMILES string of the molecule is CCCCNC(=O)C(C)N(Cc1ccc(Cl)cc1Cl)C(=O)CCCN(c1ccc(CC)cc1)S(C)(=O)=O. The lowest BCUT2D eigenvalue weighted by Gasteiger charge is -2.30. The largest absolute Gasteiger partial charge is 0.354 e. The number of hydrogen-bond donors (Lipinski definition) is 1. The van der Waals surface area contributed by atoms with E-state index in [0.717, 1.165) is 31.1 Å². The zero-order valence-electron chi connectivity index (χ0n) is 22.0. The fraction of sp³-hybridized carbons (Fsp3) is 0.481. The zero-order chi connectivity index (χ0) is 27.6. The Morgan fingerprint density at radius 1 is 1.03 bits per heavy atom. The smallest absolute Gasteiger partial charge is 0.242 e. The van der Waals surface area contributed by atoms with E-state index in [0.29, 0.717) is 27.8 Å². The van der Waals surface area contributed by atoms with Gasteiger partial charge in [-0.2, -0.15) is 0 Å². The molecule has 37 heavy (non-hydrogen) atoms. The lowest BCUT2D eigenvalue weighted by molar-refractivity contribution is -0.140. The summed E-state index contributed by atoms with van der Waals surface area (Å²) in [7, 11) is -3.54. The number of benzene rings is 2. The summed E-state index contributed by atoms with van der Waals surface area (Å²) >= 11 is 12.4. The fourth-order valence-corrected chi connectivity index (χ4v) is 5.29. The van der Waals surface area contributed by atoms with Gasteiger partial charge < -0.3 is 10.2 Å². The first-order valence-corrected chi connectivity index (χ1v) is 15.2. The molecule has 0 aliphatic heterocycles. The van der Waals surface area contributed by atoms with Crippen molar-refractivity contribution in [2.45, 2.75) is 65.5 Å². The van der Waals surface area contributed by atoms with Gasteiger partial charge in [0.05, 0.1) is 11.9 Å². The normalized spacial score (nSPS) is 12.2. The van der Waals surface area contributed by atoms with Crippen molar-refractivity contribution in [2.24, 2.45) is 0 Å². The van der Waals surface area contributed by atoms with Crippen LogP contribution in [0.25, 0.3) is 0 Å². The molecule has 10 heteroatoms. The van der Waals surface area contributed by atoms with Crippen molar-refractivity contribution in [3.63, 3.8) is 0 Å². The number of rotatable bonds is 14. The van der Waals surface area contributed by atoms with Crippen molar-refractivity contribution in [3.05, 3.63) is 63.6 Å². The van der Waals surface area contributed by atoms with Gasteiger partial charge in [0, 0.05) is 36.1 Å². The maximum absolute atomic E-state index is 13.4. The van der Waals surface area contributed by atoms with Crippen molar-refractivity contribution < 1.29 is 18.0 Å². The molecule has 1 atom stereocenters. The third-order valence-corrected chi connectivity index (χ3v) is 7.92. The Labute approximate surface area is 231 Å². The number of carbonyl (C=O) groups excluding carboxylic acids is 2. The Hall–Kier alpha value is -2.29. The van der Waals surface area contributed by atoms with Crippen LogP contribution >= 0.6 is 23.2 Å². The van der Waals surface area contributed by atoms with Gasteiger partial charge in [-0.3, -0.25) is 13.9 Å². The first kappa shape index (κ1) is 30.9. The molecular formula is C27H37Cl2N3O4S. The number of unbranched alkanes of at least 4 members (excludes halogenated alkanes) is 1. The van der Waals surface area contributed by atoms with E-state index >= 15 is 0 Å². The van der Waals surface area contributed by atoms with E-state index in [-0.39, 0.29) is 37.7 Å². The first-order chi connectivity index (χ1) is 17.5. The van der Waals surface area contributed by atoms with Gasteiger partial charge in [-0.05, 0) is 61.6 Å². The average Bonchev–Trinajstić information content (AvgIpc) is 2.85. The number of carbonyl (C=O) groups is 2. The highest BCUT2D eigenvalue weighted by Gasteiger charge is 2.27. The van der Waals surface area contributed by atoms with Crippen LogP contribution in [-0.4, -0.2) is 50.5 Å². The number of hydrogen-bond acceptors (Lipinski definition) is 4. The number of aryl methyl sites for hydroxylation is 1. The number of nitrogens with one attached hydrogen (secondary N) is 1. The number of halogens is 2. The molecule has 0 aliphatic carbocycles. The molecule has 1 unspecified atom stereocenters. The summed E-state index contributed by atoms with van der Waals surface area (Å²) in [5.74, 6) is -0.514. The highest BCUT2D eigenvalue weighted by atomic mass is 35.5. The van der Waals surface area contributed by atoms with Crippen molar-refractivity contribution in [2.75, 3.05) is 23.7 Å². The van der Waals surface area contributed by atoms with Gasteiger partial charge in [-0.1, -0.05) is 61.7 Å². The molecule has 0 heterocycles. The minimum atomic E-state index is -3.54. The van der Waals surface area contributed by atoms with Crippen LogP contribution in [0, 0.1) is 0 Å². The highest BCUT2D eigenvalue weighted by molar-refractivity contribution is 7.92. The molecule has 0 saturated heterocycles. The van der Waals surface area contributed by atoms with Gasteiger partial charge in [-0.15, -0.1) is 0 Å². The molecule has 0 radical (unpaired) electrons. The summed E-state index contributed by atoms with van der Waals surface area (Å²) in [5, 5.41) is 3.76. The molecule has 0 aromatic heterocycles. The number of anilines is 1. The molecule has 0 fully saturated rings. The molecule has 2 rings (SSSR count). The van der Waals surface area contributed by atoms with Gasteiger partial charge in [-0.25, -0.2) is 8.42 Å². The summed E-state index contributed by atoms with van der Waals surface area (Å²) in [4.78, 5) is 27.6. The second kappa shape index (κ2) is 14.6. The summed E-state index contributed by atoms with van der Waals surface area (Å²) < 4.78 is 26.3. The van der Waals surface area contributed by atoms with Gasteiger partial charge in [0.2, 0.25) is 21.8 Å². The topological polar surface area (TPSA) is 86.8 Å². The lowest BCUT2D eigenvalue weighted by Crippen LogP contribution is -2.48. The monoisotopic (exact) mass is 569 g/mol. The minimum Gasteiger partial charge on any atom is -0.354 e. The van der Waals surface area contributed by atoms with E-state index in [1.807, 2.05) is 26.0 Å². The van der Waals surface area contributed by atoms with Crippen molar-refractivity contribution in [1.82, 2.24) is 10.2 Å². The van der Waals surface area contributed by atoms with Crippen LogP contribution in [0.1, 0.15) is 57.6 Å². The number of nitrogens with zero attached hydrogens (tertiary/aromatic N) is 2. The van der Waals surface area contributed by atoms with Crippen molar-refractivity contribution in [3.8, 4) is 0 Å². The quantitative estimate of drug-likeness (QED) is 0.307. The molecule has 0 spiro atoms. The van der Waals surface area contributed by atoms with Crippen LogP contribution < -0.4 is 9.62 Å². The zero-order valence-corrected chi connectivity index (χ0v) is 24.3. The third kappa shape index (κ3) is 9.51. The summed E-state index contributed by atoms with van der Waals surface area (Å²) in [6, 6.07) is 11.6. The van der Waals surface area contributed by atoms with Gasteiger partial charge in [0.25, 0.3) is 0 Å². The lowest BCUT2D eigenvalue weighted by atomic mass is 10.1. The Morgan fingerprint density at radius 3 is 2.27 bits per heavy atom. The maximum atomic E-state index is 13.4. The van der Waals surface area contributed by atoms with Crippen LogP contribution in [0.15, 0.2) is 42.5 Å².